The molecule has 2 heterocycles. The van der Waals surface area contributed by atoms with Crippen molar-refractivity contribution >= 4 is 0 Å². The van der Waals surface area contributed by atoms with Crippen molar-refractivity contribution in [3.63, 3.8) is 0 Å². The average molecular weight is 286 g/mol. The van der Waals surface area contributed by atoms with E-state index >= 15 is 0 Å². The number of para-hydroxylation sites is 2. The van der Waals surface area contributed by atoms with Crippen LogP contribution in [-0.4, -0.2) is 19.6 Å². The fraction of sp³-hybridized carbons (Fsp3) is 0. The van der Waals surface area contributed by atoms with E-state index in [0.717, 1.165) is 22.6 Å². The Balaban J connectivity index is 1.66. The molecule has 0 aliphatic heterocycles. The molecule has 22 heavy (non-hydrogen) atoms. The Hall–Kier alpha value is -3.14. The Labute approximate surface area is 128 Å². The van der Waals surface area contributed by atoms with Gasteiger partial charge in [0, 0.05) is 18.0 Å². The number of hydrogen-bond acceptors (Lipinski definition) is 2. The summed E-state index contributed by atoms with van der Waals surface area (Å²) in [4.78, 5) is 0. The summed E-state index contributed by atoms with van der Waals surface area (Å²) in [6.07, 6.45) is 5.79. The summed E-state index contributed by atoms with van der Waals surface area (Å²) in [6.45, 7) is 0. The first-order chi connectivity index (χ1) is 10.9. The summed E-state index contributed by atoms with van der Waals surface area (Å²) in [7, 11) is 0. The van der Waals surface area contributed by atoms with Crippen molar-refractivity contribution < 1.29 is 0 Å². The second-order valence-electron chi connectivity index (χ2n) is 4.99. The zero-order chi connectivity index (χ0) is 14.8. The van der Waals surface area contributed by atoms with Gasteiger partial charge in [-0.1, -0.05) is 36.4 Å². The Morgan fingerprint density at radius 2 is 1.32 bits per heavy atom. The van der Waals surface area contributed by atoms with Gasteiger partial charge in [-0.05, 0) is 30.3 Å². The van der Waals surface area contributed by atoms with Crippen LogP contribution in [0.1, 0.15) is 0 Å². The highest BCUT2D eigenvalue weighted by molar-refractivity contribution is 5.57. The summed E-state index contributed by atoms with van der Waals surface area (Å²) in [6, 6.07) is 22.1. The predicted octanol–water partition coefficient (Wildman–Crippen LogP) is 3.73. The quantitative estimate of drug-likeness (QED) is 0.575. The zero-order valence-electron chi connectivity index (χ0n) is 11.9. The topological polar surface area (TPSA) is 35.6 Å². The molecule has 0 amide bonds. The molecule has 0 bridgehead atoms. The Morgan fingerprint density at radius 3 is 2.00 bits per heavy atom. The molecule has 4 aromatic rings. The number of rotatable bonds is 3. The lowest BCUT2D eigenvalue weighted by atomic mass is 10.2. The molecule has 0 aliphatic rings. The van der Waals surface area contributed by atoms with Gasteiger partial charge in [0.2, 0.25) is 0 Å². The lowest BCUT2D eigenvalue weighted by Crippen LogP contribution is -1.94. The third kappa shape index (κ3) is 2.31. The summed E-state index contributed by atoms with van der Waals surface area (Å²) in [5.41, 5.74) is 3.99. The molecule has 0 saturated carbocycles. The minimum Gasteiger partial charge on any atom is -0.240 e. The smallest absolute Gasteiger partial charge is 0.0959 e. The maximum atomic E-state index is 4.62. The highest BCUT2D eigenvalue weighted by Gasteiger charge is 2.07. The molecule has 4 rings (SSSR count). The molecule has 0 radical (unpaired) electrons. The summed E-state index contributed by atoms with van der Waals surface area (Å²) >= 11 is 0. The van der Waals surface area contributed by atoms with Crippen LogP contribution in [-0.2, 0) is 0 Å². The first kappa shape index (κ1) is 12.6. The minimum atomic E-state index is 0.908. The summed E-state index contributed by atoms with van der Waals surface area (Å²) in [5, 5.41) is 9.03. The monoisotopic (exact) mass is 286 g/mol. The van der Waals surface area contributed by atoms with Crippen molar-refractivity contribution in [3.05, 3.63) is 85.3 Å². The van der Waals surface area contributed by atoms with Crippen molar-refractivity contribution in [2.45, 2.75) is 0 Å². The van der Waals surface area contributed by atoms with Gasteiger partial charge in [0.25, 0.3) is 0 Å². The Bertz CT molecular complexity index is 800. The largest absolute Gasteiger partial charge is 0.240 e. The van der Waals surface area contributed by atoms with Crippen LogP contribution < -0.4 is 0 Å². The maximum Gasteiger partial charge on any atom is 0.0959 e. The van der Waals surface area contributed by atoms with Crippen molar-refractivity contribution in [2.75, 3.05) is 0 Å². The molecule has 4 heteroatoms. The summed E-state index contributed by atoms with van der Waals surface area (Å²) in [5.74, 6) is 0. The van der Waals surface area contributed by atoms with Crippen molar-refractivity contribution in [1.82, 2.24) is 19.6 Å². The van der Waals surface area contributed by atoms with Gasteiger partial charge in [-0.2, -0.15) is 10.2 Å². The molecule has 0 spiro atoms. The molecule has 0 fully saturated rings. The lowest BCUT2D eigenvalue weighted by molar-refractivity contribution is 0.879. The van der Waals surface area contributed by atoms with Crippen molar-refractivity contribution in [2.24, 2.45) is 0 Å². The van der Waals surface area contributed by atoms with Gasteiger partial charge in [0.05, 0.1) is 23.3 Å². The zero-order valence-corrected chi connectivity index (χ0v) is 11.9. The minimum absolute atomic E-state index is 0.908. The van der Waals surface area contributed by atoms with Gasteiger partial charge in [-0.25, -0.2) is 9.36 Å². The van der Waals surface area contributed by atoms with Crippen LogP contribution >= 0.6 is 0 Å². The van der Waals surface area contributed by atoms with E-state index in [1.807, 2.05) is 94.7 Å². The first-order valence-electron chi connectivity index (χ1n) is 7.12. The summed E-state index contributed by atoms with van der Waals surface area (Å²) < 4.78 is 3.73. The van der Waals surface area contributed by atoms with E-state index in [-0.39, 0.29) is 0 Å². The van der Waals surface area contributed by atoms with Gasteiger partial charge in [0.1, 0.15) is 0 Å². The van der Waals surface area contributed by atoms with Crippen molar-refractivity contribution in [3.8, 4) is 22.6 Å². The Kier molecular flexibility index (Phi) is 3.05. The van der Waals surface area contributed by atoms with Crippen LogP contribution in [0.3, 0.4) is 0 Å². The molecular formula is C18H14N4. The van der Waals surface area contributed by atoms with Gasteiger partial charge in [-0.15, -0.1) is 0 Å². The average Bonchev–Trinajstić information content (AvgIpc) is 3.26. The van der Waals surface area contributed by atoms with Crippen LogP contribution in [0.15, 0.2) is 85.3 Å². The van der Waals surface area contributed by atoms with Gasteiger partial charge in [-0.3, -0.25) is 0 Å². The maximum absolute atomic E-state index is 4.62. The van der Waals surface area contributed by atoms with E-state index in [9.17, 15) is 0 Å². The molecule has 106 valence electrons. The SMILES string of the molecule is c1ccc(-n2cc(-c3ccn(-c4ccccc4)n3)cn2)cc1. The second-order valence-corrected chi connectivity index (χ2v) is 4.99. The standard InChI is InChI=1S/C18H14N4/c1-3-7-16(8-4-1)21-12-11-18(20-21)15-13-19-22(14-15)17-9-5-2-6-10-17/h1-14H. The third-order valence-corrected chi connectivity index (χ3v) is 3.51. The second kappa shape index (κ2) is 5.33. The number of hydrogen-bond donors (Lipinski definition) is 0. The molecule has 0 N–H and O–H groups in total. The van der Waals surface area contributed by atoms with E-state index in [0.29, 0.717) is 0 Å². The van der Waals surface area contributed by atoms with Gasteiger partial charge in [0.15, 0.2) is 0 Å². The molecule has 0 aliphatic carbocycles. The van der Waals surface area contributed by atoms with Gasteiger partial charge >= 0.3 is 0 Å². The fourth-order valence-electron chi connectivity index (χ4n) is 2.38. The van der Waals surface area contributed by atoms with Crippen LogP contribution in [0.2, 0.25) is 0 Å². The highest BCUT2D eigenvalue weighted by atomic mass is 15.3. The Morgan fingerprint density at radius 1 is 0.682 bits per heavy atom. The fourth-order valence-corrected chi connectivity index (χ4v) is 2.38. The third-order valence-electron chi connectivity index (χ3n) is 3.51. The van der Waals surface area contributed by atoms with Crippen molar-refractivity contribution in [1.29, 1.82) is 0 Å². The van der Waals surface area contributed by atoms with E-state index in [2.05, 4.69) is 10.2 Å². The first-order valence-corrected chi connectivity index (χ1v) is 7.12. The van der Waals surface area contributed by atoms with Crippen LogP contribution in [0, 0.1) is 0 Å². The molecule has 4 nitrogen and oxygen atoms in total. The van der Waals surface area contributed by atoms with E-state index < -0.39 is 0 Å². The molecular weight excluding hydrogens is 272 g/mol. The van der Waals surface area contributed by atoms with Gasteiger partial charge < -0.3 is 0 Å². The molecule has 0 unspecified atom stereocenters. The lowest BCUT2D eigenvalue weighted by Gasteiger charge is -1.99. The number of aromatic nitrogens is 4. The molecule has 0 atom stereocenters. The van der Waals surface area contributed by atoms with E-state index in [1.54, 1.807) is 0 Å². The van der Waals surface area contributed by atoms with Crippen LogP contribution in [0.4, 0.5) is 0 Å². The van der Waals surface area contributed by atoms with E-state index in [1.165, 1.54) is 0 Å². The predicted molar refractivity (Wildman–Crippen MR) is 86.1 cm³/mol. The van der Waals surface area contributed by atoms with Crippen LogP contribution in [0.5, 0.6) is 0 Å². The highest BCUT2D eigenvalue weighted by Crippen LogP contribution is 2.19. The van der Waals surface area contributed by atoms with Crippen LogP contribution in [0.25, 0.3) is 22.6 Å². The molecule has 0 saturated heterocycles. The molecule has 2 aromatic carbocycles. The molecule has 2 aromatic heterocycles. The van der Waals surface area contributed by atoms with E-state index in [4.69, 9.17) is 0 Å². The number of benzene rings is 2. The normalized spacial score (nSPS) is 10.7. The number of nitrogens with zero attached hydrogens (tertiary/aromatic N) is 4.